The molecular formula is C29H19BrN6O3. The molecule has 0 saturated carbocycles. The van der Waals surface area contributed by atoms with E-state index >= 15 is 0 Å². The molecular weight excluding hydrogens is 560 g/mol. The van der Waals surface area contributed by atoms with Crippen LogP contribution in [0, 0.1) is 0 Å². The lowest BCUT2D eigenvalue weighted by Gasteiger charge is -2.16. The third kappa shape index (κ3) is 3.88. The van der Waals surface area contributed by atoms with Crippen molar-refractivity contribution in [3.63, 3.8) is 0 Å². The molecule has 4 aromatic heterocycles. The van der Waals surface area contributed by atoms with E-state index in [1.165, 1.54) is 0 Å². The van der Waals surface area contributed by atoms with Crippen LogP contribution in [-0.2, 0) is 13.2 Å². The maximum Gasteiger partial charge on any atom is 0.193 e. The summed E-state index contributed by atoms with van der Waals surface area (Å²) in [5, 5.41) is 24.3. The number of pyridine rings is 3. The van der Waals surface area contributed by atoms with E-state index in [-0.39, 0.29) is 12.2 Å². The van der Waals surface area contributed by atoms with Gasteiger partial charge in [0.2, 0.25) is 0 Å². The summed E-state index contributed by atoms with van der Waals surface area (Å²) in [7, 11) is 0. The molecule has 39 heavy (non-hydrogen) atoms. The number of hydrogen-bond acceptors (Lipinski definition) is 7. The molecule has 4 heterocycles. The average Bonchev–Trinajstić information content (AvgIpc) is 3.38. The van der Waals surface area contributed by atoms with Gasteiger partial charge in [-0.05, 0) is 54.1 Å². The molecule has 1 N–H and O–H groups in total. The maximum absolute atomic E-state index is 13.9. The standard InChI is InChI=1S/C29H19BrN6O3/c30-19-7-8-21-26(11-19)35-15-18(10-17-4-3-9-31-14-17)29(37)23-13-20(12-22(28(23)35)27(21)33-38)39-16-36-25-6-2-1-5-24(25)32-34-36/h1-9,11-15,38H,10,16H2/b33-27+. The molecule has 9 nitrogen and oxygen atoms in total. The third-order valence-electron chi connectivity index (χ3n) is 6.87. The molecule has 0 radical (unpaired) electrons. The van der Waals surface area contributed by atoms with E-state index in [2.05, 4.69) is 36.4 Å². The molecule has 0 spiro atoms. The molecule has 10 heteroatoms. The zero-order valence-corrected chi connectivity index (χ0v) is 21.9. The second-order valence-corrected chi connectivity index (χ2v) is 10.1. The van der Waals surface area contributed by atoms with Crippen LogP contribution in [-0.4, -0.2) is 29.6 Å². The fourth-order valence-electron chi connectivity index (χ4n) is 5.10. The van der Waals surface area contributed by atoms with Crippen molar-refractivity contribution >= 4 is 54.2 Å². The maximum atomic E-state index is 13.9. The first-order valence-electron chi connectivity index (χ1n) is 12.2. The van der Waals surface area contributed by atoms with Gasteiger partial charge < -0.3 is 14.3 Å². The molecule has 0 unspecified atom stereocenters. The number of rotatable bonds is 5. The summed E-state index contributed by atoms with van der Waals surface area (Å²) < 4.78 is 10.6. The number of benzene rings is 3. The summed E-state index contributed by atoms with van der Waals surface area (Å²) in [5.74, 6) is 0.445. The highest BCUT2D eigenvalue weighted by molar-refractivity contribution is 9.10. The van der Waals surface area contributed by atoms with E-state index in [9.17, 15) is 10.0 Å². The second-order valence-electron chi connectivity index (χ2n) is 9.22. The molecule has 7 aromatic rings. The van der Waals surface area contributed by atoms with Gasteiger partial charge in [0.25, 0.3) is 0 Å². The van der Waals surface area contributed by atoms with Crippen molar-refractivity contribution in [3.05, 3.63) is 117 Å². The van der Waals surface area contributed by atoms with Gasteiger partial charge >= 0.3 is 0 Å². The first kappa shape index (κ1) is 23.3. The first-order valence-corrected chi connectivity index (χ1v) is 12.9. The lowest BCUT2D eigenvalue weighted by Crippen LogP contribution is -2.18. The van der Waals surface area contributed by atoms with Crippen LogP contribution >= 0.6 is 15.9 Å². The summed E-state index contributed by atoms with van der Waals surface area (Å²) >= 11 is 3.56. The van der Waals surface area contributed by atoms with Crippen LogP contribution in [0.15, 0.2) is 99.7 Å². The van der Waals surface area contributed by atoms with Crippen LogP contribution in [0.4, 0.5) is 0 Å². The predicted octanol–water partition coefficient (Wildman–Crippen LogP) is 4.86. The summed E-state index contributed by atoms with van der Waals surface area (Å²) in [4.78, 5) is 18.1. The summed E-state index contributed by atoms with van der Waals surface area (Å²) in [6, 6.07) is 20.7. The van der Waals surface area contributed by atoms with E-state index in [1.54, 1.807) is 29.2 Å². The van der Waals surface area contributed by atoms with E-state index in [4.69, 9.17) is 4.74 Å². The van der Waals surface area contributed by atoms with Gasteiger partial charge in [-0.2, -0.15) is 0 Å². The smallest absolute Gasteiger partial charge is 0.193 e. The lowest BCUT2D eigenvalue weighted by atomic mass is 10.0. The van der Waals surface area contributed by atoms with Crippen molar-refractivity contribution in [2.75, 3.05) is 0 Å². The minimum atomic E-state index is -0.126. The number of nitrogens with zero attached hydrogens (tertiary/aromatic N) is 6. The highest BCUT2D eigenvalue weighted by atomic mass is 79.9. The Labute approximate surface area is 228 Å². The molecule has 0 aliphatic carbocycles. The highest BCUT2D eigenvalue weighted by Crippen LogP contribution is 2.29. The fraction of sp³-hybridized carbons (Fsp3) is 0.0690. The Kier molecular flexibility index (Phi) is 5.48. The van der Waals surface area contributed by atoms with Gasteiger partial charge in [-0.15, -0.1) is 5.10 Å². The molecule has 190 valence electrons. The van der Waals surface area contributed by atoms with E-state index in [0.717, 1.165) is 32.0 Å². The van der Waals surface area contributed by atoms with E-state index in [1.807, 2.05) is 65.2 Å². The Morgan fingerprint density at radius 2 is 1.85 bits per heavy atom. The molecule has 3 aromatic carbocycles. The van der Waals surface area contributed by atoms with Gasteiger partial charge in [0.1, 0.15) is 16.6 Å². The summed E-state index contributed by atoms with van der Waals surface area (Å²) in [6.07, 6.45) is 5.74. The first-order chi connectivity index (χ1) is 19.1. The SMILES string of the molecule is O=c1c(Cc2cccnc2)cn2c3cc(Br)ccc3/c(=N\O)c3cc(OCn4nnc5ccccc54)cc1c32. The summed E-state index contributed by atoms with van der Waals surface area (Å²) in [5.41, 5.74) is 4.44. The van der Waals surface area contributed by atoms with Gasteiger partial charge in [0.15, 0.2) is 12.2 Å². The number of aromatic nitrogens is 5. The Hall–Kier alpha value is -4.83. The molecule has 0 amide bonds. The van der Waals surface area contributed by atoms with Gasteiger partial charge in [0.05, 0.1) is 21.9 Å². The fourth-order valence-corrected chi connectivity index (χ4v) is 5.45. The number of fused-ring (bicyclic) bond motifs is 3. The molecule has 0 atom stereocenters. The zero-order chi connectivity index (χ0) is 26.5. The topological polar surface area (TPSA) is 107 Å². The minimum Gasteiger partial charge on any atom is -0.471 e. The largest absolute Gasteiger partial charge is 0.471 e. The van der Waals surface area contributed by atoms with Crippen molar-refractivity contribution in [2.45, 2.75) is 13.2 Å². The minimum absolute atomic E-state index is 0.0875. The number of hydrogen-bond donors (Lipinski definition) is 1. The van der Waals surface area contributed by atoms with Crippen LogP contribution in [0.5, 0.6) is 5.75 Å². The molecule has 0 saturated heterocycles. The van der Waals surface area contributed by atoms with Crippen molar-refractivity contribution in [1.82, 2.24) is 24.4 Å². The second kappa shape index (κ2) is 9.17. The van der Waals surface area contributed by atoms with Crippen LogP contribution < -0.4 is 15.5 Å². The quantitative estimate of drug-likeness (QED) is 0.135. The third-order valence-corrected chi connectivity index (χ3v) is 7.36. The van der Waals surface area contributed by atoms with Crippen LogP contribution in [0.25, 0.3) is 38.2 Å². The Bertz CT molecular complexity index is 2160. The van der Waals surface area contributed by atoms with Crippen molar-refractivity contribution in [2.24, 2.45) is 5.16 Å². The van der Waals surface area contributed by atoms with Gasteiger partial charge in [-0.3, -0.25) is 9.78 Å². The highest BCUT2D eigenvalue weighted by Gasteiger charge is 2.18. The number of ether oxygens (including phenoxy) is 1. The van der Waals surface area contributed by atoms with Crippen molar-refractivity contribution < 1.29 is 9.94 Å². The molecule has 0 aliphatic rings. The van der Waals surface area contributed by atoms with Crippen molar-refractivity contribution in [3.8, 4) is 5.75 Å². The predicted molar refractivity (Wildman–Crippen MR) is 150 cm³/mol. The Morgan fingerprint density at radius 3 is 2.69 bits per heavy atom. The summed E-state index contributed by atoms with van der Waals surface area (Å²) in [6.45, 7) is 0.0875. The van der Waals surface area contributed by atoms with Crippen LogP contribution in [0.3, 0.4) is 0 Å². The Morgan fingerprint density at radius 1 is 0.974 bits per heavy atom. The van der Waals surface area contributed by atoms with Crippen LogP contribution in [0.1, 0.15) is 11.1 Å². The van der Waals surface area contributed by atoms with Gasteiger partial charge in [-0.1, -0.05) is 44.5 Å². The van der Waals surface area contributed by atoms with Gasteiger partial charge in [-0.25, -0.2) is 4.68 Å². The lowest BCUT2D eigenvalue weighted by molar-refractivity contribution is 0.224. The van der Waals surface area contributed by atoms with Gasteiger partial charge in [0, 0.05) is 45.8 Å². The average molecular weight is 579 g/mol. The van der Waals surface area contributed by atoms with E-state index in [0.29, 0.717) is 39.4 Å². The van der Waals surface area contributed by atoms with Crippen LogP contribution in [0.2, 0.25) is 0 Å². The Balaban J connectivity index is 1.47. The van der Waals surface area contributed by atoms with Crippen molar-refractivity contribution in [1.29, 1.82) is 0 Å². The number of para-hydroxylation sites is 1. The molecule has 0 bridgehead atoms. The monoisotopic (exact) mass is 578 g/mol. The molecule has 0 fully saturated rings. The normalized spacial score (nSPS) is 12.3. The molecule has 0 aliphatic heterocycles. The zero-order valence-electron chi connectivity index (χ0n) is 20.3. The van der Waals surface area contributed by atoms with E-state index < -0.39 is 0 Å². The number of halogens is 1. The molecule has 7 rings (SSSR count).